The highest BCUT2D eigenvalue weighted by atomic mass is 16.4. The van der Waals surface area contributed by atoms with Gasteiger partial charge in [-0.1, -0.05) is 12.1 Å². The van der Waals surface area contributed by atoms with Gasteiger partial charge in [0.25, 0.3) is 5.91 Å². The number of carboxylic acids is 1. The van der Waals surface area contributed by atoms with E-state index in [0.717, 1.165) is 11.6 Å². The summed E-state index contributed by atoms with van der Waals surface area (Å²) in [6.07, 6.45) is 2.36. The lowest BCUT2D eigenvalue weighted by atomic mass is 10.0. The average molecular weight is 262 g/mol. The zero-order chi connectivity index (χ0) is 14.4. The van der Waals surface area contributed by atoms with E-state index in [1.54, 1.807) is 25.1 Å². The van der Waals surface area contributed by atoms with E-state index in [2.05, 4.69) is 5.32 Å². The fraction of sp³-hybridized carbons (Fsp3) is 0.154. The summed E-state index contributed by atoms with van der Waals surface area (Å²) in [7, 11) is 0. The first-order valence-electron chi connectivity index (χ1n) is 5.48. The number of aliphatic carboxylic acids is 1. The Hall–Kier alpha value is -2.63. The highest BCUT2D eigenvalue weighted by Crippen LogP contribution is 2.12. The molecule has 0 radical (unpaired) electrons. The molecule has 2 amide bonds. The van der Waals surface area contributed by atoms with E-state index in [9.17, 15) is 14.4 Å². The molecule has 100 valence electrons. The first kappa shape index (κ1) is 14.4. The molecule has 0 spiro atoms. The largest absolute Gasteiger partial charge is 0.478 e. The summed E-state index contributed by atoms with van der Waals surface area (Å²) in [4.78, 5) is 32.8. The van der Waals surface area contributed by atoms with Crippen LogP contribution in [-0.4, -0.2) is 29.4 Å². The zero-order valence-corrected chi connectivity index (χ0v) is 10.3. The molecule has 1 aromatic rings. The van der Waals surface area contributed by atoms with Crippen LogP contribution >= 0.6 is 0 Å². The van der Waals surface area contributed by atoms with Crippen molar-refractivity contribution in [1.82, 2.24) is 5.32 Å². The van der Waals surface area contributed by atoms with Crippen molar-refractivity contribution in [2.45, 2.75) is 6.92 Å². The van der Waals surface area contributed by atoms with E-state index in [-0.39, 0.29) is 6.54 Å². The van der Waals surface area contributed by atoms with Crippen LogP contribution in [0, 0.1) is 6.92 Å². The molecule has 0 fully saturated rings. The number of carboxylic acid groups (broad SMARTS) is 1. The number of carbonyl (C=O) groups is 3. The summed E-state index contributed by atoms with van der Waals surface area (Å²) < 4.78 is 0. The number of hydrogen-bond donors (Lipinski definition) is 3. The van der Waals surface area contributed by atoms with E-state index >= 15 is 0 Å². The normalized spacial score (nSPS) is 10.4. The van der Waals surface area contributed by atoms with Gasteiger partial charge >= 0.3 is 5.97 Å². The number of nitrogens with one attached hydrogen (secondary N) is 1. The zero-order valence-electron chi connectivity index (χ0n) is 10.3. The molecule has 19 heavy (non-hydrogen) atoms. The number of amides is 2. The van der Waals surface area contributed by atoms with Crippen LogP contribution in [0.4, 0.5) is 0 Å². The molecule has 1 rings (SSSR count). The first-order chi connectivity index (χ1) is 8.90. The van der Waals surface area contributed by atoms with Gasteiger partial charge in [-0.05, 0) is 30.2 Å². The maximum Gasteiger partial charge on any atom is 0.328 e. The van der Waals surface area contributed by atoms with Crippen LogP contribution in [-0.2, 0) is 9.59 Å². The van der Waals surface area contributed by atoms with Gasteiger partial charge in [-0.25, -0.2) is 4.79 Å². The van der Waals surface area contributed by atoms with Crippen molar-refractivity contribution in [2.75, 3.05) is 6.54 Å². The van der Waals surface area contributed by atoms with Crippen LogP contribution in [0.15, 0.2) is 24.3 Å². The third-order valence-electron chi connectivity index (χ3n) is 2.35. The topological polar surface area (TPSA) is 109 Å². The van der Waals surface area contributed by atoms with E-state index < -0.39 is 17.8 Å². The molecule has 0 unspecified atom stereocenters. The summed E-state index contributed by atoms with van der Waals surface area (Å²) in [6, 6.07) is 4.94. The molecule has 0 bridgehead atoms. The highest BCUT2D eigenvalue weighted by molar-refractivity contribution is 5.98. The molecule has 0 atom stereocenters. The third-order valence-corrected chi connectivity index (χ3v) is 2.35. The van der Waals surface area contributed by atoms with Gasteiger partial charge in [-0.2, -0.15) is 0 Å². The number of rotatable bonds is 5. The number of benzene rings is 1. The van der Waals surface area contributed by atoms with Gasteiger partial charge < -0.3 is 16.2 Å². The average Bonchev–Trinajstić information content (AvgIpc) is 2.34. The number of nitrogens with two attached hydrogens (primary N) is 1. The van der Waals surface area contributed by atoms with Crippen molar-refractivity contribution in [3.63, 3.8) is 0 Å². The van der Waals surface area contributed by atoms with Crippen LogP contribution in [0.3, 0.4) is 0 Å². The summed E-state index contributed by atoms with van der Waals surface area (Å²) in [6.45, 7) is 1.50. The molecule has 0 saturated carbocycles. The predicted molar refractivity (Wildman–Crippen MR) is 69.4 cm³/mol. The molecule has 0 saturated heterocycles. The molecule has 4 N–H and O–H groups in total. The van der Waals surface area contributed by atoms with Crippen LogP contribution in [0.1, 0.15) is 21.5 Å². The Morgan fingerprint density at radius 1 is 1.37 bits per heavy atom. The number of primary amides is 1. The predicted octanol–water partition coefficient (Wildman–Crippen LogP) is 0.308. The Morgan fingerprint density at radius 3 is 2.63 bits per heavy atom. The van der Waals surface area contributed by atoms with Crippen LogP contribution in [0.5, 0.6) is 0 Å². The summed E-state index contributed by atoms with van der Waals surface area (Å²) in [5.41, 5.74) is 6.60. The van der Waals surface area contributed by atoms with Gasteiger partial charge in [0, 0.05) is 11.6 Å². The minimum atomic E-state index is -1.07. The van der Waals surface area contributed by atoms with Crippen molar-refractivity contribution in [1.29, 1.82) is 0 Å². The number of carbonyl (C=O) groups excluding carboxylic acids is 2. The molecule has 1 aromatic carbocycles. The van der Waals surface area contributed by atoms with Crippen LogP contribution < -0.4 is 11.1 Å². The van der Waals surface area contributed by atoms with E-state index in [0.29, 0.717) is 11.1 Å². The maximum atomic E-state index is 11.8. The quantitative estimate of drug-likeness (QED) is 0.663. The molecular formula is C13H14N2O4. The highest BCUT2D eigenvalue weighted by Gasteiger charge is 2.09. The number of aryl methyl sites for hydroxylation is 1. The molecule has 6 heteroatoms. The van der Waals surface area contributed by atoms with Crippen molar-refractivity contribution >= 4 is 23.9 Å². The van der Waals surface area contributed by atoms with Crippen LogP contribution in [0.2, 0.25) is 0 Å². The Bertz CT molecular complexity index is 550. The fourth-order valence-electron chi connectivity index (χ4n) is 1.42. The lowest BCUT2D eigenvalue weighted by Crippen LogP contribution is -2.33. The second-order valence-corrected chi connectivity index (χ2v) is 3.89. The molecule has 0 aromatic heterocycles. The molecule has 0 heterocycles. The second kappa shape index (κ2) is 6.34. The summed E-state index contributed by atoms with van der Waals surface area (Å²) in [5.74, 6) is -2.13. The minimum absolute atomic E-state index is 0.243. The molecular weight excluding hydrogens is 248 g/mol. The van der Waals surface area contributed by atoms with E-state index in [1.165, 1.54) is 6.08 Å². The summed E-state index contributed by atoms with van der Waals surface area (Å²) >= 11 is 0. The Labute approximate surface area is 109 Å². The second-order valence-electron chi connectivity index (χ2n) is 3.89. The van der Waals surface area contributed by atoms with Crippen molar-refractivity contribution < 1.29 is 19.5 Å². The SMILES string of the molecule is Cc1ccc(C=CC(=O)O)cc1C(=O)NCC(N)=O. The Kier molecular flexibility index (Phi) is 4.82. The van der Waals surface area contributed by atoms with Gasteiger partial charge in [0.15, 0.2) is 0 Å². The monoisotopic (exact) mass is 262 g/mol. The lowest BCUT2D eigenvalue weighted by Gasteiger charge is -2.07. The molecule has 0 aliphatic rings. The molecule has 6 nitrogen and oxygen atoms in total. The third kappa shape index (κ3) is 4.63. The molecule has 0 aliphatic heterocycles. The van der Waals surface area contributed by atoms with Gasteiger partial charge in [-0.3, -0.25) is 9.59 Å². The lowest BCUT2D eigenvalue weighted by molar-refractivity contribution is -0.131. The van der Waals surface area contributed by atoms with Crippen molar-refractivity contribution in [3.8, 4) is 0 Å². The Morgan fingerprint density at radius 2 is 2.05 bits per heavy atom. The van der Waals surface area contributed by atoms with Crippen molar-refractivity contribution in [3.05, 3.63) is 41.0 Å². The smallest absolute Gasteiger partial charge is 0.328 e. The van der Waals surface area contributed by atoms with Gasteiger partial charge in [-0.15, -0.1) is 0 Å². The van der Waals surface area contributed by atoms with Crippen LogP contribution in [0.25, 0.3) is 6.08 Å². The van der Waals surface area contributed by atoms with Crippen molar-refractivity contribution in [2.24, 2.45) is 5.73 Å². The Balaban J connectivity index is 2.93. The maximum absolute atomic E-state index is 11.8. The minimum Gasteiger partial charge on any atom is -0.478 e. The van der Waals surface area contributed by atoms with E-state index in [4.69, 9.17) is 10.8 Å². The van der Waals surface area contributed by atoms with Gasteiger partial charge in [0.05, 0.1) is 6.54 Å². The standard InChI is InChI=1S/C13H14N2O4/c1-8-2-3-9(4-5-12(17)18)6-10(8)13(19)15-7-11(14)16/h2-6H,7H2,1H3,(H2,14,16)(H,15,19)(H,17,18). The number of hydrogen-bond acceptors (Lipinski definition) is 3. The fourth-order valence-corrected chi connectivity index (χ4v) is 1.42. The molecule has 0 aliphatic carbocycles. The first-order valence-corrected chi connectivity index (χ1v) is 5.48. The van der Waals surface area contributed by atoms with Gasteiger partial charge in [0.2, 0.25) is 5.91 Å². The van der Waals surface area contributed by atoms with Gasteiger partial charge in [0.1, 0.15) is 0 Å². The van der Waals surface area contributed by atoms with E-state index in [1.807, 2.05) is 0 Å². The summed E-state index contributed by atoms with van der Waals surface area (Å²) in [5, 5.41) is 10.9.